The molecule has 2 aliphatic heterocycles. The van der Waals surface area contributed by atoms with Gasteiger partial charge >= 0.3 is 6.03 Å². The molecule has 4 unspecified atom stereocenters. The number of urea groups is 1. The highest BCUT2D eigenvalue weighted by atomic mass is 16.7. The predicted molar refractivity (Wildman–Crippen MR) is 189 cm³/mol. The minimum absolute atomic E-state index is 0.00119. The fourth-order valence-electron chi connectivity index (χ4n) is 6.81. The van der Waals surface area contributed by atoms with Crippen LogP contribution in [-0.4, -0.2) is 56.0 Å². The zero-order chi connectivity index (χ0) is 34.3. The Labute approximate surface area is 289 Å². The molecule has 1 fully saturated rings. The summed E-state index contributed by atoms with van der Waals surface area (Å²) in [7, 11) is 3.35. The number of nitrogens with zero attached hydrogens (tertiary/aromatic N) is 1. The van der Waals surface area contributed by atoms with Crippen molar-refractivity contribution in [2.75, 3.05) is 33.9 Å². The zero-order valence-corrected chi connectivity index (χ0v) is 28.8. The molecule has 6 rings (SSSR count). The summed E-state index contributed by atoms with van der Waals surface area (Å²) in [6.07, 6.45) is 0.0380. The Hall–Kier alpha value is -4.41. The molecule has 0 radical (unpaired) electrons. The second kappa shape index (κ2) is 15.9. The molecule has 9 heteroatoms. The maximum absolute atomic E-state index is 12.0. The Balaban J connectivity index is 1.25. The Morgan fingerprint density at radius 3 is 2.29 bits per heavy atom. The van der Waals surface area contributed by atoms with Gasteiger partial charge in [-0.25, -0.2) is 4.79 Å². The number of nitrogens with one attached hydrogen (secondary N) is 2. The van der Waals surface area contributed by atoms with Crippen molar-refractivity contribution in [2.45, 2.75) is 58.5 Å². The van der Waals surface area contributed by atoms with Gasteiger partial charge in [-0.1, -0.05) is 67.6 Å². The summed E-state index contributed by atoms with van der Waals surface area (Å²) in [4.78, 5) is 14.4. The number of ether oxygens (including phenoxy) is 4. The van der Waals surface area contributed by atoms with E-state index in [2.05, 4.69) is 77.1 Å². The first-order valence-electron chi connectivity index (χ1n) is 17.1. The van der Waals surface area contributed by atoms with Crippen LogP contribution in [0.1, 0.15) is 59.6 Å². The van der Waals surface area contributed by atoms with Gasteiger partial charge in [0.25, 0.3) is 0 Å². The number of amides is 2. The van der Waals surface area contributed by atoms with Crippen LogP contribution in [0, 0.1) is 5.92 Å². The molecule has 3 N–H and O–H groups in total. The lowest BCUT2D eigenvalue weighted by atomic mass is 9.89. The maximum Gasteiger partial charge on any atom is 0.315 e. The molecule has 0 aliphatic carbocycles. The molecule has 2 heterocycles. The van der Waals surface area contributed by atoms with Gasteiger partial charge in [-0.3, -0.25) is 4.90 Å². The van der Waals surface area contributed by atoms with Gasteiger partial charge in [0.2, 0.25) is 0 Å². The Bertz CT molecular complexity index is 1730. The van der Waals surface area contributed by atoms with E-state index in [1.165, 1.54) is 11.1 Å². The van der Waals surface area contributed by atoms with Crippen molar-refractivity contribution in [3.63, 3.8) is 0 Å². The summed E-state index contributed by atoms with van der Waals surface area (Å²) < 4.78 is 24.8. The smallest absolute Gasteiger partial charge is 0.315 e. The SMILES string of the molecule is CCNC(=O)NCc1cccc(-c2cccc(C3OC(CN4CCc5cc(OC)c(OC)cc5C4)C(C)C(c4ccc(CO)cc4)O3)c2)c1. The van der Waals surface area contributed by atoms with Gasteiger partial charge in [0.05, 0.1) is 33.0 Å². The largest absolute Gasteiger partial charge is 0.493 e. The first-order valence-corrected chi connectivity index (χ1v) is 17.1. The van der Waals surface area contributed by atoms with Crippen molar-refractivity contribution in [1.82, 2.24) is 15.5 Å². The van der Waals surface area contributed by atoms with Crippen molar-refractivity contribution >= 4 is 6.03 Å². The molecular formula is C40H47N3O6. The Morgan fingerprint density at radius 2 is 1.57 bits per heavy atom. The van der Waals surface area contributed by atoms with Crippen molar-refractivity contribution in [3.8, 4) is 22.6 Å². The standard InChI is InChI=1S/C40H47N3O6/c1-5-41-40(45)42-22-28-8-6-9-30(18-28)31-10-7-11-33(19-31)39-48-37(26(2)38(49-39)29-14-12-27(25-44)13-15-29)24-43-17-16-32-20-35(46-3)36(47-4)21-34(32)23-43/h6-15,18-21,26,37-39,44H,5,16-17,22-25H2,1-4H3,(H2,41,42,45). The van der Waals surface area contributed by atoms with Gasteiger partial charge in [0.15, 0.2) is 17.8 Å². The fourth-order valence-corrected chi connectivity index (χ4v) is 6.81. The van der Waals surface area contributed by atoms with Crippen LogP contribution < -0.4 is 20.1 Å². The van der Waals surface area contributed by atoms with Gasteiger partial charge < -0.3 is 34.7 Å². The van der Waals surface area contributed by atoms with E-state index in [0.29, 0.717) is 13.1 Å². The lowest BCUT2D eigenvalue weighted by molar-refractivity contribution is -0.276. The minimum Gasteiger partial charge on any atom is -0.493 e. The molecule has 0 aromatic heterocycles. The van der Waals surface area contributed by atoms with Crippen LogP contribution >= 0.6 is 0 Å². The molecule has 9 nitrogen and oxygen atoms in total. The molecule has 2 aliphatic rings. The van der Waals surface area contributed by atoms with E-state index in [9.17, 15) is 9.90 Å². The van der Waals surface area contributed by atoms with Crippen LogP contribution in [0.2, 0.25) is 0 Å². The van der Waals surface area contributed by atoms with E-state index in [-0.39, 0.29) is 30.8 Å². The van der Waals surface area contributed by atoms with Crippen molar-refractivity contribution in [3.05, 3.63) is 118 Å². The highest BCUT2D eigenvalue weighted by Crippen LogP contribution is 2.43. The Kier molecular flexibility index (Phi) is 11.2. The van der Waals surface area contributed by atoms with Crippen LogP contribution in [0.15, 0.2) is 84.9 Å². The van der Waals surface area contributed by atoms with Crippen LogP contribution in [0.5, 0.6) is 11.5 Å². The number of aliphatic hydroxyl groups is 1. The van der Waals surface area contributed by atoms with Crippen LogP contribution in [-0.2, 0) is 35.6 Å². The molecule has 2 amide bonds. The predicted octanol–water partition coefficient (Wildman–Crippen LogP) is 6.53. The monoisotopic (exact) mass is 665 g/mol. The number of hydrogen-bond donors (Lipinski definition) is 3. The third-order valence-electron chi connectivity index (χ3n) is 9.57. The molecule has 4 atom stereocenters. The highest BCUT2D eigenvalue weighted by molar-refractivity contribution is 5.74. The number of aliphatic hydroxyl groups excluding tert-OH is 1. The van der Waals surface area contributed by atoms with Gasteiger partial charge in [-0.2, -0.15) is 0 Å². The maximum atomic E-state index is 12.0. The molecule has 4 aromatic rings. The number of carbonyl (C=O) groups is 1. The lowest BCUT2D eigenvalue weighted by Crippen LogP contribution is -2.45. The molecule has 0 spiro atoms. The van der Waals surface area contributed by atoms with Gasteiger partial charge in [-0.05, 0) is 76.6 Å². The molecule has 0 saturated carbocycles. The Morgan fingerprint density at radius 1 is 0.857 bits per heavy atom. The molecule has 258 valence electrons. The summed E-state index contributed by atoms with van der Waals surface area (Å²) in [6, 6.07) is 28.6. The van der Waals surface area contributed by atoms with E-state index in [1.807, 2.05) is 37.3 Å². The van der Waals surface area contributed by atoms with E-state index in [4.69, 9.17) is 18.9 Å². The number of fused-ring (bicyclic) bond motifs is 1. The summed E-state index contributed by atoms with van der Waals surface area (Å²) in [6.45, 7) is 7.57. The first-order chi connectivity index (χ1) is 23.9. The highest BCUT2D eigenvalue weighted by Gasteiger charge is 2.39. The van der Waals surface area contributed by atoms with Gasteiger partial charge in [0, 0.05) is 44.2 Å². The van der Waals surface area contributed by atoms with E-state index < -0.39 is 6.29 Å². The van der Waals surface area contributed by atoms with Gasteiger partial charge in [0.1, 0.15) is 0 Å². The summed E-state index contributed by atoms with van der Waals surface area (Å²) in [5.74, 6) is 1.58. The summed E-state index contributed by atoms with van der Waals surface area (Å²) in [5.41, 5.74) is 8.51. The number of methoxy groups -OCH3 is 2. The second-order valence-corrected chi connectivity index (χ2v) is 12.8. The topological polar surface area (TPSA) is 102 Å². The average Bonchev–Trinajstić information content (AvgIpc) is 3.14. The minimum atomic E-state index is -0.576. The third kappa shape index (κ3) is 8.08. The molecule has 0 bridgehead atoms. The van der Waals surface area contributed by atoms with Crippen molar-refractivity contribution in [2.24, 2.45) is 5.92 Å². The first kappa shape index (κ1) is 34.5. The van der Waals surface area contributed by atoms with Crippen LogP contribution in [0.3, 0.4) is 0 Å². The fraction of sp³-hybridized carbons (Fsp3) is 0.375. The molecular weight excluding hydrogens is 618 g/mol. The number of rotatable bonds is 11. The number of benzene rings is 4. The number of hydrogen-bond acceptors (Lipinski definition) is 7. The van der Waals surface area contributed by atoms with Crippen molar-refractivity contribution < 1.29 is 28.8 Å². The van der Waals surface area contributed by atoms with Crippen molar-refractivity contribution in [1.29, 1.82) is 0 Å². The van der Waals surface area contributed by atoms with E-state index >= 15 is 0 Å². The van der Waals surface area contributed by atoms with Gasteiger partial charge in [-0.15, -0.1) is 0 Å². The molecule has 1 saturated heterocycles. The molecule has 49 heavy (non-hydrogen) atoms. The lowest BCUT2D eigenvalue weighted by Gasteiger charge is -2.43. The van der Waals surface area contributed by atoms with Crippen LogP contribution in [0.25, 0.3) is 11.1 Å². The average molecular weight is 666 g/mol. The van der Waals surface area contributed by atoms with E-state index in [1.54, 1.807) is 14.2 Å². The number of carbonyl (C=O) groups excluding carboxylic acids is 1. The van der Waals surface area contributed by atoms with Crippen LogP contribution in [0.4, 0.5) is 4.79 Å². The second-order valence-electron chi connectivity index (χ2n) is 12.8. The summed E-state index contributed by atoms with van der Waals surface area (Å²) >= 11 is 0. The molecule has 4 aromatic carbocycles. The third-order valence-corrected chi connectivity index (χ3v) is 9.57. The normalized spacial score (nSPS) is 20.7. The summed E-state index contributed by atoms with van der Waals surface area (Å²) in [5, 5.41) is 15.3. The zero-order valence-electron chi connectivity index (χ0n) is 28.8. The quantitative estimate of drug-likeness (QED) is 0.168. The van der Waals surface area contributed by atoms with E-state index in [0.717, 1.165) is 70.9 Å².